The van der Waals surface area contributed by atoms with Gasteiger partial charge in [-0.15, -0.1) is 5.10 Å². The molecule has 0 saturated heterocycles. The first-order chi connectivity index (χ1) is 5.33. The topological polar surface area (TPSA) is 66.0 Å². The fraction of sp³-hybridized carbons (Fsp3) is 0.667. The van der Waals surface area contributed by atoms with Crippen molar-refractivity contribution < 1.29 is 4.74 Å². The summed E-state index contributed by atoms with van der Waals surface area (Å²) in [6.07, 6.45) is 2.44. The van der Waals surface area contributed by atoms with Gasteiger partial charge in [-0.25, -0.2) is 0 Å². The molecule has 1 rings (SSSR count). The summed E-state index contributed by atoms with van der Waals surface area (Å²) in [4.78, 5) is 1.56. The van der Waals surface area contributed by atoms with Crippen molar-refractivity contribution in [2.45, 2.75) is 13.0 Å². The lowest BCUT2D eigenvalue weighted by atomic mass is 10.5. The highest BCUT2D eigenvalue weighted by Crippen LogP contribution is 1.92. The number of ether oxygens (including phenoxy) is 1. The predicted molar refractivity (Wildman–Crippen MR) is 40.9 cm³/mol. The Hall–Kier alpha value is -1.10. The zero-order chi connectivity index (χ0) is 8.10. The largest absolute Gasteiger partial charge is 0.385 e. The highest BCUT2D eigenvalue weighted by Gasteiger charge is 1.94. The van der Waals surface area contributed by atoms with Crippen LogP contribution in [0.3, 0.4) is 0 Å². The van der Waals surface area contributed by atoms with Gasteiger partial charge in [-0.05, 0) is 6.42 Å². The zero-order valence-electron chi connectivity index (χ0n) is 6.53. The lowest BCUT2D eigenvalue weighted by Gasteiger charge is -1.97. The van der Waals surface area contributed by atoms with Crippen LogP contribution < -0.4 is 5.73 Å². The lowest BCUT2D eigenvalue weighted by Crippen LogP contribution is -2.05. The van der Waals surface area contributed by atoms with Crippen LogP contribution in [-0.4, -0.2) is 28.7 Å². The molecule has 2 N–H and O–H groups in total. The minimum atomic E-state index is 0.461. The summed E-state index contributed by atoms with van der Waals surface area (Å²) in [6.45, 7) is 1.48. The molecule has 0 aliphatic carbocycles. The SMILES string of the molecule is COCCCn1ncc(N)n1. The first kappa shape index (κ1) is 8.00. The molecule has 0 aliphatic heterocycles. The van der Waals surface area contributed by atoms with E-state index < -0.39 is 0 Å². The van der Waals surface area contributed by atoms with Crippen LogP contribution in [0.1, 0.15) is 6.42 Å². The molecular formula is C6H12N4O. The number of methoxy groups -OCH3 is 1. The second-order valence-corrected chi connectivity index (χ2v) is 2.21. The average molecular weight is 156 g/mol. The van der Waals surface area contributed by atoms with E-state index in [2.05, 4.69) is 10.2 Å². The Morgan fingerprint density at radius 3 is 3.09 bits per heavy atom. The molecule has 1 aromatic heterocycles. The highest BCUT2D eigenvalue weighted by molar-refractivity contribution is 5.19. The van der Waals surface area contributed by atoms with E-state index in [0.29, 0.717) is 5.82 Å². The molecule has 0 unspecified atom stereocenters. The maximum atomic E-state index is 5.36. The fourth-order valence-electron chi connectivity index (χ4n) is 0.769. The number of nitrogen functional groups attached to an aromatic ring is 1. The van der Waals surface area contributed by atoms with Crippen molar-refractivity contribution in [2.24, 2.45) is 0 Å². The lowest BCUT2D eigenvalue weighted by molar-refractivity contribution is 0.187. The normalized spacial score (nSPS) is 10.3. The predicted octanol–water partition coefficient (Wildman–Crippen LogP) is -0.103. The van der Waals surface area contributed by atoms with Gasteiger partial charge in [0, 0.05) is 13.7 Å². The van der Waals surface area contributed by atoms with E-state index in [9.17, 15) is 0 Å². The first-order valence-electron chi connectivity index (χ1n) is 3.47. The third kappa shape index (κ3) is 2.55. The Labute approximate surface area is 65.1 Å². The smallest absolute Gasteiger partial charge is 0.165 e. The molecule has 0 saturated carbocycles. The molecule has 0 aliphatic rings. The van der Waals surface area contributed by atoms with Gasteiger partial charge in [-0.3, -0.25) is 0 Å². The van der Waals surface area contributed by atoms with Gasteiger partial charge in [0.05, 0.1) is 12.7 Å². The Balaban J connectivity index is 2.27. The van der Waals surface area contributed by atoms with Crippen molar-refractivity contribution in [1.82, 2.24) is 15.0 Å². The molecule has 0 aromatic carbocycles. The summed E-state index contributed by atoms with van der Waals surface area (Å²) in [5, 5.41) is 7.82. The van der Waals surface area contributed by atoms with Crippen molar-refractivity contribution >= 4 is 5.82 Å². The van der Waals surface area contributed by atoms with Gasteiger partial charge in [0.1, 0.15) is 0 Å². The van der Waals surface area contributed by atoms with E-state index in [4.69, 9.17) is 10.5 Å². The number of nitrogens with two attached hydrogens (primary N) is 1. The van der Waals surface area contributed by atoms with Gasteiger partial charge in [0.15, 0.2) is 5.82 Å². The van der Waals surface area contributed by atoms with Crippen molar-refractivity contribution in [3.8, 4) is 0 Å². The second kappa shape index (κ2) is 3.92. The summed E-state index contributed by atoms with van der Waals surface area (Å²) in [6, 6.07) is 0. The Kier molecular flexibility index (Phi) is 2.85. The molecule has 1 aromatic rings. The molecule has 0 atom stereocenters. The van der Waals surface area contributed by atoms with Gasteiger partial charge >= 0.3 is 0 Å². The van der Waals surface area contributed by atoms with Crippen LogP contribution in [0.4, 0.5) is 5.82 Å². The highest BCUT2D eigenvalue weighted by atomic mass is 16.5. The van der Waals surface area contributed by atoms with Crippen LogP contribution in [0.2, 0.25) is 0 Å². The molecule has 5 nitrogen and oxygen atoms in total. The van der Waals surface area contributed by atoms with Crippen molar-refractivity contribution in [1.29, 1.82) is 0 Å². The van der Waals surface area contributed by atoms with Gasteiger partial charge in [0.2, 0.25) is 0 Å². The number of aromatic nitrogens is 3. The van der Waals surface area contributed by atoms with E-state index in [1.165, 1.54) is 6.20 Å². The van der Waals surface area contributed by atoms with Crippen LogP contribution in [0.5, 0.6) is 0 Å². The summed E-state index contributed by atoms with van der Waals surface area (Å²) >= 11 is 0. The van der Waals surface area contributed by atoms with E-state index >= 15 is 0 Å². The summed E-state index contributed by atoms with van der Waals surface area (Å²) in [7, 11) is 1.67. The van der Waals surface area contributed by atoms with E-state index in [1.54, 1.807) is 11.9 Å². The first-order valence-corrected chi connectivity index (χ1v) is 3.47. The van der Waals surface area contributed by atoms with Crippen molar-refractivity contribution in [3.63, 3.8) is 0 Å². The van der Waals surface area contributed by atoms with Crippen molar-refractivity contribution in [2.75, 3.05) is 19.5 Å². The molecule has 0 radical (unpaired) electrons. The number of hydrogen-bond donors (Lipinski definition) is 1. The minimum absolute atomic E-state index is 0.461. The number of anilines is 1. The van der Waals surface area contributed by atoms with Crippen LogP contribution in [0.15, 0.2) is 6.20 Å². The van der Waals surface area contributed by atoms with Gasteiger partial charge < -0.3 is 10.5 Å². The van der Waals surface area contributed by atoms with E-state index in [0.717, 1.165) is 19.6 Å². The minimum Gasteiger partial charge on any atom is -0.385 e. The maximum absolute atomic E-state index is 5.36. The summed E-state index contributed by atoms with van der Waals surface area (Å²) in [5.74, 6) is 0.461. The van der Waals surface area contributed by atoms with Crippen LogP contribution in [0.25, 0.3) is 0 Å². The second-order valence-electron chi connectivity index (χ2n) is 2.21. The Morgan fingerprint density at radius 1 is 1.73 bits per heavy atom. The van der Waals surface area contributed by atoms with Gasteiger partial charge in [0.25, 0.3) is 0 Å². The molecule has 0 fully saturated rings. The molecule has 0 amide bonds. The number of rotatable bonds is 4. The third-order valence-electron chi connectivity index (χ3n) is 1.26. The van der Waals surface area contributed by atoms with Crippen LogP contribution in [0, 0.1) is 0 Å². The van der Waals surface area contributed by atoms with Crippen LogP contribution in [-0.2, 0) is 11.3 Å². The Morgan fingerprint density at radius 2 is 2.55 bits per heavy atom. The van der Waals surface area contributed by atoms with Crippen LogP contribution >= 0.6 is 0 Å². The Bertz CT molecular complexity index is 210. The maximum Gasteiger partial charge on any atom is 0.165 e. The van der Waals surface area contributed by atoms with Gasteiger partial charge in [-0.2, -0.15) is 9.90 Å². The van der Waals surface area contributed by atoms with Crippen molar-refractivity contribution in [3.05, 3.63) is 6.20 Å². The number of nitrogens with zero attached hydrogens (tertiary/aromatic N) is 3. The van der Waals surface area contributed by atoms with E-state index in [-0.39, 0.29) is 0 Å². The molecule has 0 bridgehead atoms. The molecule has 5 heteroatoms. The molecule has 62 valence electrons. The quantitative estimate of drug-likeness (QED) is 0.618. The standard InChI is InChI=1S/C6H12N4O/c1-11-4-2-3-10-8-5-6(7)9-10/h5H,2-4H2,1H3,(H2,7,9). The van der Waals surface area contributed by atoms with E-state index in [1.807, 2.05) is 0 Å². The number of aryl methyl sites for hydroxylation is 1. The molecule has 1 heterocycles. The average Bonchev–Trinajstić information content (AvgIpc) is 2.37. The summed E-state index contributed by atoms with van der Waals surface area (Å²) < 4.78 is 4.87. The zero-order valence-corrected chi connectivity index (χ0v) is 6.53. The molecule has 0 spiro atoms. The van der Waals surface area contributed by atoms with Gasteiger partial charge in [-0.1, -0.05) is 0 Å². The molecule has 11 heavy (non-hydrogen) atoms. The molecular weight excluding hydrogens is 144 g/mol. The third-order valence-corrected chi connectivity index (χ3v) is 1.26. The fourth-order valence-corrected chi connectivity index (χ4v) is 0.769. The summed E-state index contributed by atoms with van der Waals surface area (Å²) in [5.41, 5.74) is 5.36. The monoisotopic (exact) mass is 156 g/mol. The number of hydrogen-bond acceptors (Lipinski definition) is 4.